The van der Waals surface area contributed by atoms with Gasteiger partial charge in [-0.05, 0) is 5.56 Å². The lowest BCUT2D eigenvalue weighted by Gasteiger charge is -2.16. The van der Waals surface area contributed by atoms with Crippen molar-refractivity contribution in [2.24, 2.45) is 5.92 Å². The fourth-order valence-corrected chi connectivity index (χ4v) is 2.88. The lowest BCUT2D eigenvalue weighted by molar-refractivity contribution is -0.141. The van der Waals surface area contributed by atoms with Crippen LogP contribution in [0, 0.1) is 5.92 Å². The molecular formula is C16H18N4O3. The molecule has 2 aromatic rings. The van der Waals surface area contributed by atoms with Crippen molar-refractivity contribution < 1.29 is 14.7 Å². The summed E-state index contributed by atoms with van der Waals surface area (Å²) < 4.78 is 0. The van der Waals surface area contributed by atoms with Crippen molar-refractivity contribution in [3.63, 3.8) is 0 Å². The quantitative estimate of drug-likeness (QED) is 0.755. The zero-order chi connectivity index (χ0) is 16.2. The Hall–Kier alpha value is -2.67. The number of carboxylic acids is 1. The van der Waals surface area contributed by atoms with Gasteiger partial charge in [-0.2, -0.15) is 0 Å². The molecule has 1 aliphatic heterocycles. The molecule has 0 bridgehead atoms. The van der Waals surface area contributed by atoms with Gasteiger partial charge < -0.3 is 15.4 Å². The van der Waals surface area contributed by atoms with E-state index >= 15 is 0 Å². The summed E-state index contributed by atoms with van der Waals surface area (Å²) in [5.74, 6) is -1.72. The van der Waals surface area contributed by atoms with Crippen LogP contribution in [-0.2, 0) is 11.3 Å². The molecule has 0 aliphatic carbocycles. The number of amides is 1. The van der Waals surface area contributed by atoms with Crippen LogP contribution in [0.1, 0.15) is 16.2 Å². The topological polar surface area (TPSA) is 98.3 Å². The van der Waals surface area contributed by atoms with E-state index in [0.29, 0.717) is 19.6 Å². The third kappa shape index (κ3) is 3.57. The van der Waals surface area contributed by atoms with Gasteiger partial charge in [-0.1, -0.05) is 30.3 Å². The Labute approximate surface area is 133 Å². The van der Waals surface area contributed by atoms with E-state index in [1.807, 2.05) is 35.2 Å². The number of rotatable bonds is 5. The van der Waals surface area contributed by atoms with Gasteiger partial charge in [0, 0.05) is 32.0 Å². The second-order valence-corrected chi connectivity index (χ2v) is 5.64. The summed E-state index contributed by atoms with van der Waals surface area (Å²) in [5.41, 5.74) is 1.12. The Bertz CT molecular complexity index is 672. The van der Waals surface area contributed by atoms with E-state index in [9.17, 15) is 14.7 Å². The smallest absolute Gasteiger partial charge is 0.309 e. The molecule has 7 heteroatoms. The van der Waals surface area contributed by atoms with Gasteiger partial charge in [0.05, 0.1) is 12.0 Å². The molecule has 3 rings (SSSR count). The van der Waals surface area contributed by atoms with Gasteiger partial charge in [-0.15, -0.1) is 0 Å². The standard InChI is InChI=1S/C16H18N4O3/c21-15(14-17-6-7-18-14)19-13-10-20(9-12(13)16(22)23)8-11-4-2-1-3-5-11/h1-7,12-13H,8-10H2,(H,17,18)(H,19,21)(H,22,23). The first-order chi connectivity index (χ1) is 11.1. The molecule has 1 aliphatic rings. The first-order valence-corrected chi connectivity index (χ1v) is 7.43. The average Bonchev–Trinajstić information content (AvgIpc) is 3.18. The Morgan fingerprint density at radius 1 is 1.30 bits per heavy atom. The van der Waals surface area contributed by atoms with E-state index in [0.717, 1.165) is 5.56 Å². The molecule has 1 saturated heterocycles. The number of hydrogen-bond donors (Lipinski definition) is 3. The first kappa shape index (κ1) is 15.2. The molecule has 0 spiro atoms. The molecule has 1 aromatic carbocycles. The van der Waals surface area contributed by atoms with E-state index in [1.165, 1.54) is 6.20 Å². The lowest BCUT2D eigenvalue weighted by atomic mass is 10.0. The number of nitrogens with zero attached hydrogens (tertiary/aromatic N) is 2. The third-order valence-corrected chi connectivity index (χ3v) is 3.99. The Morgan fingerprint density at radius 2 is 2.09 bits per heavy atom. The minimum atomic E-state index is -0.898. The fourth-order valence-electron chi connectivity index (χ4n) is 2.88. The second kappa shape index (κ2) is 6.62. The summed E-state index contributed by atoms with van der Waals surface area (Å²) in [4.78, 5) is 32.2. The molecule has 2 unspecified atom stereocenters. The predicted octanol–water partition coefficient (Wildman–Crippen LogP) is 0.725. The molecule has 2 atom stereocenters. The minimum Gasteiger partial charge on any atom is -0.481 e. The first-order valence-electron chi connectivity index (χ1n) is 7.43. The maximum Gasteiger partial charge on any atom is 0.309 e. The van der Waals surface area contributed by atoms with E-state index in [1.54, 1.807) is 6.20 Å². The van der Waals surface area contributed by atoms with Crippen LogP contribution in [0.3, 0.4) is 0 Å². The van der Waals surface area contributed by atoms with E-state index in [-0.39, 0.29) is 11.7 Å². The summed E-state index contributed by atoms with van der Waals surface area (Å²) in [6, 6.07) is 9.43. The highest BCUT2D eigenvalue weighted by Crippen LogP contribution is 2.20. The van der Waals surface area contributed by atoms with Crippen LogP contribution in [0.4, 0.5) is 0 Å². The summed E-state index contributed by atoms with van der Waals surface area (Å²) in [6.45, 7) is 1.57. The van der Waals surface area contributed by atoms with Gasteiger partial charge in [-0.25, -0.2) is 4.98 Å². The number of carbonyl (C=O) groups is 2. The van der Waals surface area contributed by atoms with Crippen LogP contribution in [0.2, 0.25) is 0 Å². The van der Waals surface area contributed by atoms with Gasteiger partial charge in [0.2, 0.25) is 0 Å². The van der Waals surface area contributed by atoms with Crippen molar-refractivity contribution in [1.82, 2.24) is 20.2 Å². The summed E-state index contributed by atoms with van der Waals surface area (Å²) >= 11 is 0. The van der Waals surface area contributed by atoms with E-state index in [2.05, 4.69) is 15.3 Å². The summed E-state index contributed by atoms with van der Waals surface area (Å²) in [6.07, 6.45) is 3.04. The average molecular weight is 314 g/mol. The van der Waals surface area contributed by atoms with Crippen molar-refractivity contribution in [2.75, 3.05) is 13.1 Å². The van der Waals surface area contributed by atoms with Crippen LogP contribution in [0.15, 0.2) is 42.7 Å². The van der Waals surface area contributed by atoms with Gasteiger partial charge >= 0.3 is 5.97 Å². The maximum absolute atomic E-state index is 12.1. The minimum absolute atomic E-state index is 0.190. The molecular weight excluding hydrogens is 296 g/mol. The number of aromatic nitrogens is 2. The number of benzene rings is 1. The SMILES string of the molecule is O=C(NC1CN(Cc2ccccc2)CC1C(=O)O)c1ncc[nH]1. The molecule has 2 heterocycles. The fraction of sp³-hybridized carbons (Fsp3) is 0.312. The molecule has 23 heavy (non-hydrogen) atoms. The normalized spacial score (nSPS) is 21.2. The van der Waals surface area contributed by atoms with Crippen molar-refractivity contribution >= 4 is 11.9 Å². The van der Waals surface area contributed by atoms with Crippen molar-refractivity contribution in [2.45, 2.75) is 12.6 Å². The van der Waals surface area contributed by atoms with Crippen molar-refractivity contribution in [1.29, 1.82) is 0 Å². The monoisotopic (exact) mass is 314 g/mol. The van der Waals surface area contributed by atoms with Gasteiger partial charge in [0.25, 0.3) is 5.91 Å². The van der Waals surface area contributed by atoms with Crippen molar-refractivity contribution in [3.05, 3.63) is 54.1 Å². The molecule has 1 amide bonds. The van der Waals surface area contributed by atoms with Crippen LogP contribution in [0.25, 0.3) is 0 Å². The number of carbonyl (C=O) groups excluding carboxylic acids is 1. The number of aliphatic carboxylic acids is 1. The number of aromatic amines is 1. The van der Waals surface area contributed by atoms with Crippen molar-refractivity contribution in [3.8, 4) is 0 Å². The molecule has 0 saturated carbocycles. The highest BCUT2D eigenvalue weighted by Gasteiger charge is 2.38. The number of imidazole rings is 1. The number of carboxylic acid groups (broad SMARTS) is 1. The Balaban J connectivity index is 1.66. The number of H-pyrrole nitrogens is 1. The number of likely N-dealkylation sites (tertiary alicyclic amines) is 1. The highest BCUT2D eigenvalue weighted by atomic mass is 16.4. The number of hydrogen-bond acceptors (Lipinski definition) is 4. The van der Waals surface area contributed by atoms with Gasteiger partial charge in [0.1, 0.15) is 0 Å². The Kier molecular flexibility index (Phi) is 4.38. The third-order valence-electron chi connectivity index (χ3n) is 3.99. The molecule has 0 radical (unpaired) electrons. The summed E-state index contributed by atoms with van der Waals surface area (Å²) in [5, 5.41) is 12.2. The summed E-state index contributed by atoms with van der Waals surface area (Å²) in [7, 11) is 0. The molecule has 7 nitrogen and oxygen atoms in total. The number of nitrogens with one attached hydrogen (secondary N) is 2. The Morgan fingerprint density at radius 3 is 2.74 bits per heavy atom. The van der Waals surface area contributed by atoms with Crippen LogP contribution in [0.5, 0.6) is 0 Å². The van der Waals surface area contributed by atoms with Crippen LogP contribution >= 0.6 is 0 Å². The maximum atomic E-state index is 12.1. The molecule has 1 fully saturated rings. The molecule has 1 aromatic heterocycles. The van der Waals surface area contributed by atoms with E-state index in [4.69, 9.17) is 0 Å². The van der Waals surface area contributed by atoms with Crippen LogP contribution < -0.4 is 5.32 Å². The zero-order valence-electron chi connectivity index (χ0n) is 12.5. The zero-order valence-corrected chi connectivity index (χ0v) is 12.5. The predicted molar refractivity (Wildman–Crippen MR) is 82.7 cm³/mol. The lowest BCUT2D eigenvalue weighted by Crippen LogP contribution is -2.43. The van der Waals surface area contributed by atoms with Crippen LogP contribution in [-0.4, -0.2) is 51.0 Å². The van der Waals surface area contributed by atoms with E-state index < -0.39 is 17.9 Å². The second-order valence-electron chi connectivity index (χ2n) is 5.64. The largest absolute Gasteiger partial charge is 0.481 e. The van der Waals surface area contributed by atoms with Gasteiger partial charge in [0.15, 0.2) is 5.82 Å². The highest BCUT2D eigenvalue weighted by molar-refractivity contribution is 5.91. The molecule has 3 N–H and O–H groups in total. The van der Waals surface area contributed by atoms with Gasteiger partial charge in [-0.3, -0.25) is 14.5 Å². The molecule has 120 valence electrons.